The lowest BCUT2D eigenvalue weighted by atomic mass is 9.86. The number of hydrogen-bond donors (Lipinski definition) is 1. The van der Waals surface area contributed by atoms with Crippen molar-refractivity contribution in [1.29, 1.82) is 0 Å². The van der Waals surface area contributed by atoms with E-state index < -0.39 is 0 Å². The fraction of sp³-hybridized carbons (Fsp3) is 0.417. The normalized spacial score (nSPS) is 18.7. The SMILES string of the molecule is CC#CC1CCc2nccc(ON)c2C1. The van der Waals surface area contributed by atoms with E-state index >= 15 is 0 Å². The smallest absolute Gasteiger partial charge is 0.153 e. The van der Waals surface area contributed by atoms with Gasteiger partial charge in [-0.15, -0.1) is 5.92 Å². The van der Waals surface area contributed by atoms with Crippen LogP contribution in [0.4, 0.5) is 0 Å². The molecule has 3 heteroatoms. The van der Waals surface area contributed by atoms with Crippen molar-refractivity contribution in [2.75, 3.05) is 0 Å². The van der Waals surface area contributed by atoms with Gasteiger partial charge in [0.1, 0.15) is 0 Å². The lowest BCUT2D eigenvalue weighted by Crippen LogP contribution is -2.17. The van der Waals surface area contributed by atoms with Crippen LogP contribution in [0.15, 0.2) is 12.3 Å². The first-order valence-corrected chi connectivity index (χ1v) is 5.11. The highest BCUT2D eigenvalue weighted by molar-refractivity contribution is 5.38. The minimum absolute atomic E-state index is 0.417. The number of nitrogens with zero attached hydrogens (tertiary/aromatic N) is 1. The van der Waals surface area contributed by atoms with Crippen molar-refractivity contribution in [3.05, 3.63) is 23.5 Å². The Kier molecular flexibility index (Phi) is 2.89. The van der Waals surface area contributed by atoms with Crippen molar-refractivity contribution in [1.82, 2.24) is 4.98 Å². The molecule has 1 aromatic rings. The van der Waals surface area contributed by atoms with Crippen LogP contribution >= 0.6 is 0 Å². The molecule has 0 fully saturated rings. The Bertz CT molecular complexity index is 403. The molecule has 3 nitrogen and oxygen atoms in total. The largest absolute Gasteiger partial charge is 0.411 e. The third kappa shape index (κ3) is 1.95. The summed E-state index contributed by atoms with van der Waals surface area (Å²) >= 11 is 0. The predicted octanol–water partition coefficient (Wildman–Crippen LogP) is 1.46. The maximum atomic E-state index is 5.23. The van der Waals surface area contributed by atoms with E-state index in [-0.39, 0.29) is 0 Å². The summed E-state index contributed by atoms with van der Waals surface area (Å²) in [6, 6.07) is 1.81. The number of aromatic nitrogens is 1. The standard InChI is InChI=1S/C12H14N2O/c1-2-3-9-4-5-11-10(8-9)12(15-13)6-7-14-11/h6-7,9H,4-5,8,13H2,1H3. The molecule has 0 saturated heterocycles. The molecule has 1 heterocycles. The fourth-order valence-corrected chi connectivity index (χ4v) is 2.05. The molecule has 0 aromatic carbocycles. The van der Waals surface area contributed by atoms with Gasteiger partial charge < -0.3 is 4.84 Å². The molecule has 15 heavy (non-hydrogen) atoms. The zero-order valence-corrected chi connectivity index (χ0v) is 8.79. The Labute approximate surface area is 89.6 Å². The van der Waals surface area contributed by atoms with Gasteiger partial charge in [0.05, 0.1) is 0 Å². The third-order valence-electron chi connectivity index (χ3n) is 2.76. The first-order chi connectivity index (χ1) is 7.35. The van der Waals surface area contributed by atoms with Crippen LogP contribution in [0.2, 0.25) is 0 Å². The van der Waals surface area contributed by atoms with Crippen molar-refractivity contribution >= 4 is 0 Å². The van der Waals surface area contributed by atoms with Crippen molar-refractivity contribution in [3.8, 4) is 17.6 Å². The molecule has 0 saturated carbocycles. The van der Waals surface area contributed by atoms with Gasteiger partial charge in [-0.1, -0.05) is 5.92 Å². The van der Waals surface area contributed by atoms with E-state index in [9.17, 15) is 0 Å². The minimum Gasteiger partial charge on any atom is -0.411 e. The Morgan fingerprint density at radius 1 is 1.60 bits per heavy atom. The molecule has 0 spiro atoms. The molecule has 0 radical (unpaired) electrons. The quantitative estimate of drug-likeness (QED) is 0.554. The van der Waals surface area contributed by atoms with Gasteiger partial charge in [-0.3, -0.25) is 4.98 Å². The second-order valence-corrected chi connectivity index (χ2v) is 3.69. The minimum atomic E-state index is 0.417. The molecule has 1 atom stereocenters. The average molecular weight is 202 g/mol. The van der Waals surface area contributed by atoms with E-state index in [0.29, 0.717) is 5.92 Å². The topological polar surface area (TPSA) is 48.1 Å². The Balaban J connectivity index is 2.32. The van der Waals surface area contributed by atoms with Crippen LogP contribution in [0, 0.1) is 17.8 Å². The lowest BCUT2D eigenvalue weighted by Gasteiger charge is -2.21. The summed E-state index contributed by atoms with van der Waals surface area (Å²) in [5.41, 5.74) is 2.23. The maximum Gasteiger partial charge on any atom is 0.153 e. The summed E-state index contributed by atoms with van der Waals surface area (Å²) in [6.45, 7) is 1.87. The Hall–Kier alpha value is -1.53. The number of hydrogen-bond acceptors (Lipinski definition) is 3. The van der Waals surface area contributed by atoms with Crippen molar-refractivity contribution in [2.45, 2.75) is 26.2 Å². The highest BCUT2D eigenvalue weighted by atomic mass is 16.6. The van der Waals surface area contributed by atoms with Gasteiger partial charge >= 0.3 is 0 Å². The molecule has 2 N–H and O–H groups in total. The average Bonchev–Trinajstić information content (AvgIpc) is 2.28. The molecule has 1 aliphatic carbocycles. The van der Waals surface area contributed by atoms with E-state index in [4.69, 9.17) is 10.7 Å². The van der Waals surface area contributed by atoms with Crippen LogP contribution < -0.4 is 10.7 Å². The molecule has 1 aromatic heterocycles. The van der Waals surface area contributed by atoms with Crippen LogP contribution in [-0.4, -0.2) is 4.98 Å². The predicted molar refractivity (Wildman–Crippen MR) is 58.0 cm³/mol. The van der Waals surface area contributed by atoms with Gasteiger partial charge in [0, 0.05) is 29.4 Å². The van der Waals surface area contributed by atoms with Gasteiger partial charge in [-0.25, -0.2) is 0 Å². The summed E-state index contributed by atoms with van der Waals surface area (Å²) < 4.78 is 0. The van der Waals surface area contributed by atoms with Crippen molar-refractivity contribution in [3.63, 3.8) is 0 Å². The summed E-state index contributed by atoms with van der Waals surface area (Å²) in [7, 11) is 0. The molecule has 0 amide bonds. The highest BCUT2D eigenvalue weighted by Gasteiger charge is 2.21. The Morgan fingerprint density at radius 2 is 2.47 bits per heavy atom. The first-order valence-electron chi connectivity index (χ1n) is 5.11. The summed E-state index contributed by atoms with van der Waals surface area (Å²) in [5, 5.41) is 0. The summed E-state index contributed by atoms with van der Waals surface area (Å²) in [5.74, 6) is 12.6. The van der Waals surface area contributed by atoms with Crippen LogP contribution in [-0.2, 0) is 12.8 Å². The number of nitrogens with two attached hydrogens (primary N) is 1. The van der Waals surface area contributed by atoms with Gasteiger partial charge in [0.2, 0.25) is 0 Å². The number of pyridine rings is 1. The molecule has 78 valence electrons. The number of fused-ring (bicyclic) bond motifs is 1. The van der Waals surface area contributed by atoms with Crippen LogP contribution in [0.25, 0.3) is 0 Å². The van der Waals surface area contributed by atoms with E-state index in [0.717, 1.165) is 36.3 Å². The van der Waals surface area contributed by atoms with Gasteiger partial charge in [0.15, 0.2) is 5.75 Å². The van der Waals surface area contributed by atoms with E-state index in [1.54, 1.807) is 12.3 Å². The Morgan fingerprint density at radius 3 is 3.20 bits per heavy atom. The molecule has 0 aliphatic heterocycles. The van der Waals surface area contributed by atoms with Gasteiger partial charge in [0.25, 0.3) is 0 Å². The van der Waals surface area contributed by atoms with Crippen LogP contribution in [0.3, 0.4) is 0 Å². The van der Waals surface area contributed by atoms with E-state index in [1.165, 1.54) is 0 Å². The van der Waals surface area contributed by atoms with Gasteiger partial charge in [-0.2, -0.15) is 5.90 Å². The second kappa shape index (κ2) is 4.33. The third-order valence-corrected chi connectivity index (χ3v) is 2.76. The molecular formula is C12H14N2O. The monoisotopic (exact) mass is 202 g/mol. The molecule has 1 unspecified atom stereocenters. The zero-order valence-electron chi connectivity index (χ0n) is 8.79. The van der Waals surface area contributed by atoms with Crippen LogP contribution in [0.1, 0.15) is 24.6 Å². The van der Waals surface area contributed by atoms with Crippen molar-refractivity contribution in [2.24, 2.45) is 11.8 Å². The second-order valence-electron chi connectivity index (χ2n) is 3.69. The molecular weight excluding hydrogens is 188 g/mol. The highest BCUT2D eigenvalue weighted by Crippen LogP contribution is 2.30. The summed E-state index contributed by atoms with van der Waals surface area (Å²) in [6.07, 6.45) is 4.68. The van der Waals surface area contributed by atoms with Gasteiger partial charge in [-0.05, 0) is 26.2 Å². The first kappa shape index (κ1) is 10.0. The maximum absolute atomic E-state index is 5.23. The molecule has 2 rings (SSSR count). The molecule has 1 aliphatic rings. The molecule has 0 bridgehead atoms. The number of rotatable bonds is 1. The summed E-state index contributed by atoms with van der Waals surface area (Å²) in [4.78, 5) is 9.19. The van der Waals surface area contributed by atoms with Crippen LogP contribution in [0.5, 0.6) is 5.75 Å². The van der Waals surface area contributed by atoms with E-state index in [1.807, 2.05) is 6.92 Å². The van der Waals surface area contributed by atoms with E-state index in [2.05, 4.69) is 16.8 Å². The number of aryl methyl sites for hydroxylation is 1. The lowest BCUT2D eigenvalue weighted by molar-refractivity contribution is 0.326. The zero-order chi connectivity index (χ0) is 10.7. The fourth-order valence-electron chi connectivity index (χ4n) is 2.05. The van der Waals surface area contributed by atoms with Crippen molar-refractivity contribution < 1.29 is 4.84 Å².